The van der Waals surface area contributed by atoms with E-state index in [-0.39, 0.29) is 12.6 Å². The number of amides is 2. The lowest BCUT2D eigenvalue weighted by Crippen LogP contribution is -2.21. The van der Waals surface area contributed by atoms with Gasteiger partial charge in [-0.2, -0.15) is 5.10 Å². The third-order valence-corrected chi connectivity index (χ3v) is 4.70. The van der Waals surface area contributed by atoms with Crippen LogP contribution in [0.25, 0.3) is 5.69 Å². The molecule has 7 heteroatoms. The van der Waals surface area contributed by atoms with Crippen LogP contribution in [0.5, 0.6) is 0 Å². The van der Waals surface area contributed by atoms with Crippen LogP contribution in [0.4, 0.5) is 16.3 Å². The van der Waals surface area contributed by atoms with Gasteiger partial charge in [0.25, 0.3) is 0 Å². The van der Waals surface area contributed by atoms with Crippen molar-refractivity contribution in [3.8, 4) is 5.69 Å². The van der Waals surface area contributed by atoms with E-state index in [0.29, 0.717) is 22.9 Å². The number of unbranched alkanes of at least 4 members (excludes halogenated alkanes) is 1. The number of aliphatic hydroxyl groups excluding tert-OH is 1. The molecule has 3 rings (SSSR count). The zero-order chi connectivity index (χ0) is 20.6. The molecular formula is C22H25ClN4O2. The normalized spacial score (nSPS) is 10.7. The summed E-state index contributed by atoms with van der Waals surface area (Å²) in [5.74, 6) is 0.587. The Balaban J connectivity index is 1.84. The van der Waals surface area contributed by atoms with Gasteiger partial charge in [-0.25, -0.2) is 9.48 Å². The first-order valence-corrected chi connectivity index (χ1v) is 10.1. The summed E-state index contributed by atoms with van der Waals surface area (Å²) in [4.78, 5) is 12.5. The molecule has 0 unspecified atom stereocenters. The third kappa shape index (κ3) is 5.82. The Morgan fingerprint density at radius 3 is 2.62 bits per heavy atom. The molecule has 1 aromatic heterocycles. The minimum atomic E-state index is -0.359. The van der Waals surface area contributed by atoms with Gasteiger partial charge >= 0.3 is 6.03 Å². The summed E-state index contributed by atoms with van der Waals surface area (Å²) in [6.07, 6.45) is 3.50. The average molecular weight is 413 g/mol. The van der Waals surface area contributed by atoms with E-state index in [1.807, 2.05) is 30.3 Å². The molecule has 152 valence electrons. The highest BCUT2D eigenvalue weighted by molar-refractivity contribution is 6.30. The molecule has 2 aromatic carbocycles. The van der Waals surface area contributed by atoms with Crippen molar-refractivity contribution < 1.29 is 9.90 Å². The predicted molar refractivity (Wildman–Crippen MR) is 117 cm³/mol. The van der Waals surface area contributed by atoms with Crippen LogP contribution in [-0.4, -0.2) is 27.5 Å². The topological polar surface area (TPSA) is 79.2 Å². The summed E-state index contributed by atoms with van der Waals surface area (Å²) in [5, 5.41) is 20.2. The molecule has 6 nitrogen and oxygen atoms in total. The highest BCUT2D eigenvalue weighted by atomic mass is 35.5. The molecule has 29 heavy (non-hydrogen) atoms. The van der Waals surface area contributed by atoms with Crippen LogP contribution in [0.2, 0.25) is 5.02 Å². The maximum Gasteiger partial charge on any atom is 0.324 e. The van der Waals surface area contributed by atoms with Gasteiger partial charge in [-0.1, -0.05) is 37.1 Å². The number of aliphatic hydroxyl groups is 1. The van der Waals surface area contributed by atoms with Crippen LogP contribution >= 0.6 is 11.6 Å². The second kappa shape index (κ2) is 10.1. The highest BCUT2D eigenvalue weighted by Crippen LogP contribution is 2.21. The lowest BCUT2D eigenvalue weighted by Gasteiger charge is -2.11. The van der Waals surface area contributed by atoms with Crippen molar-refractivity contribution in [1.29, 1.82) is 0 Å². The quantitative estimate of drug-likeness (QED) is 0.484. The van der Waals surface area contributed by atoms with E-state index in [1.165, 1.54) is 0 Å². The van der Waals surface area contributed by atoms with Gasteiger partial charge in [0.1, 0.15) is 5.82 Å². The Kier molecular flexibility index (Phi) is 7.27. The first-order chi connectivity index (χ1) is 14.1. The third-order valence-electron chi connectivity index (χ3n) is 4.45. The molecule has 0 aliphatic heterocycles. The van der Waals surface area contributed by atoms with Gasteiger partial charge < -0.3 is 10.4 Å². The van der Waals surface area contributed by atoms with Gasteiger partial charge in [0, 0.05) is 23.4 Å². The monoisotopic (exact) mass is 412 g/mol. The number of aryl methyl sites for hydroxylation is 1. The average Bonchev–Trinajstić information content (AvgIpc) is 3.11. The maximum absolute atomic E-state index is 12.5. The van der Waals surface area contributed by atoms with Crippen molar-refractivity contribution in [3.63, 3.8) is 0 Å². The summed E-state index contributed by atoms with van der Waals surface area (Å²) in [6.45, 7) is 2.22. The molecule has 2 amide bonds. The molecular weight excluding hydrogens is 388 g/mol. The molecule has 3 N–H and O–H groups in total. The summed E-state index contributed by atoms with van der Waals surface area (Å²) >= 11 is 5.89. The molecule has 0 saturated carbocycles. The van der Waals surface area contributed by atoms with Crippen molar-refractivity contribution in [3.05, 3.63) is 70.9 Å². The van der Waals surface area contributed by atoms with Crippen molar-refractivity contribution in [2.24, 2.45) is 0 Å². The fraction of sp³-hybridized carbons (Fsp3) is 0.273. The number of anilines is 2. The minimum Gasteiger partial charge on any atom is -0.396 e. The number of benzene rings is 2. The number of hydrogen-bond donors (Lipinski definition) is 3. The molecule has 0 aliphatic rings. The van der Waals surface area contributed by atoms with E-state index in [9.17, 15) is 9.90 Å². The van der Waals surface area contributed by atoms with Gasteiger partial charge in [0.2, 0.25) is 0 Å². The zero-order valence-electron chi connectivity index (χ0n) is 16.4. The van der Waals surface area contributed by atoms with Crippen molar-refractivity contribution in [2.75, 3.05) is 17.2 Å². The summed E-state index contributed by atoms with van der Waals surface area (Å²) in [6, 6.07) is 16.2. The Hall–Kier alpha value is -2.83. The lowest BCUT2D eigenvalue weighted by atomic mass is 10.1. The van der Waals surface area contributed by atoms with Crippen LogP contribution < -0.4 is 10.6 Å². The van der Waals surface area contributed by atoms with Gasteiger partial charge in [-0.3, -0.25) is 5.32 Å². The van der Waals surface area contributed by atoms with Gasteiger partial charge in [0.05, 0.1) is 11.4 Å². The van der Waals surface area contributed by atoms with Crippen molar-refractivity contribution in [1.82, 2.24) is 9.78 Å². The Bertz CT molecular complexity index is 954. The second-order valence-electron chi connectivity index (χ2n) is 6.77. The molecule has 0 spiro atoms. The number of rotatable bonds is 8. The SMILES string of the molecule is CCCCc1cc(NC(=O)Nc2ccc(Cl)cc2)n(-c2cccc(CCO)c2)n1. The number of carbonyl (C=O) groups excluding carboxylic acids is 1. The summed E-state index contributed by atoms with van der Waals surface area (Å²) in [7, 11) is 0. The number of aromatic nitrogens is 2. The highest BCUT2D eigenvalue weighted by Gasteiger charge is 2.13. The van der Waals surface area contributed by atoms with Crippen molar-refractivity contribution >= 4 is 29.1 Å². The van der Waals surface area contributed by atoms with Crippen LogP contribution in [0, 0.1) is 0 Å². The van der Waals surface area contributed by atoms with Crippen LogP contribution in [0.15, 0.2) is 54.6 Å². The first-order valence-electron chi connectivity index (χ1n) is 9.71. The van der Waals surface area contributed by atoms with Gasteiger partial charge in [0.15, 0.2) is 0 Å². The molecule has 0 saturated heterocycles. The number of hydrogen-bond acceptors (Lipinski definition) is 3. The molecule has 0 fully saturated rings. The standard InChI is InChI=1S/C22H25ClN4O2/c1-2-3-6-19-15-21(25-22(29)24-18-10-8-17(23)9-11-18)27(26-19)20-7-4-5-16(14-20)12-13-28/h4-5,7-11,14-15,28H,2-3,6,12-13H2,1H3,(H2,24,25,29). The molecule has 1 heterocycles. The maximum atomic E-state index is 12.5. The smallest absolute Gasteiger partial charge is 0.324 e. The predicted octanol–water partition coefficient (Wildman–Crippen LogP) is 5.05. The van der Waals surface area contributed by atoms with Gasteiger partial charge in [-0.15, -0.1) is 0 Å². The number of carbonyl (C=O) groups is 1. The van der Waals surface area contributed by atoms with Crippen LogP contribution in [0.3, 0.4) is 0 Å². The van der Waals surface area contributed by atoms with E-state index in [4.69, 9.17) is 11.6 Å². The second-order valence-corrected chi connectivity index (χ2v) is 7.20. The molecule has 0 radical (unpaired) electrons. The first kappa shape index (κ1) is 20.9. The van der Waals surface area contributed by atoms with E-state index in [1.54, 1.807) is 28.9 Å². The van der Waals surface area contributed by atoms with E-state index in [0.717, 1.165) is 36.2 Å². The Labute approximate surface area is 175 Å². The summed E-state index contributed by atoms with van der Waals surface area (Å²) < 4.78 is 1.73. The van der Waals surface area contributed by atoms with E-state index >= 15 is 0 Å². The number of nitrogens with one attached hydrogen (secondary N) is 2. The largest absolute Gasteiger partial charge is 0.396 e. The number of nitrogens with zero attached hydrogens (tertiary/aromatic N) is 2. The van der Waals surface area contributed by atoms with Crippen molar-refractivity contribution in [2.45, 2.75) is 32.6 Å². The lowest BCUT2D eigenvalue weighted by molar-refractivity contribution is 0.262. The zero-order valence-corrected chi connectivity index (χ0v) is 17.1. The van der Waals surface area contributed by atoms with Crippen LogP contribution in [0.1, 0.15) is 31.0 Å². The molecule has 0 bridgehead atoms. The molecule has 3 aromatic rings. The minimum absolute atomic E-state index is 0.0823. The fourth-order valence-electron chi connectivity index (χ4n) is 2.98. The van der Waals surface area contributed by atoms with E-state index < -0.39 is 0 Å². The molecule has 0 aliphatic carbocycles. The number of halogens is 1. The number of urea groups is 1. The fourth-order valence-corrected chi connectivity index (χ4v) is 3.11. The van der Waals surface area contributed by atoms with Crippen LogP contribution in [-0.2, 0) is 12.8 Å². The Morgan fingerprint density at radius 1 is 1.10 bits per heavy atom. The molecule has 0 atom stereocenters. The summed E-state index contributed by atoms with van der Waals surface area (Å²) in [5.41, 5.74) is 3.41. The van der Waals surface area contributed by atoms with Gasteiger partial charge in [-0.05, 0) is 61.2 Å². The Morgan fingerprint density at radius 2 is 1.90 bits per heavy atom. The van der Waals surface area contributed by atoms with E-state index in [2.05, 4.69) is 22.7 Å².